The molecular formula is C27H19N2O2+. The summed E-state index contributed by atoms with van der Waals surface area (Å²) in [5.74, 6) is 1.55. The predicted molar refractivity (Wildman–Crippen MR) is 125 cm³/mol. The molecule has 0 radical (unpaired) electrons. The summed E-state index contributed by atoms with van der Waals surface area (Å²) >= 11 is 0. The molecule has 0 atom stereocenters. The summed E-state index contributed by atoms with van der Waals surface area (Å²) in [5.41, 5.74) is 12.4. The second kappa shape index (κ2) is 5.55. The van der Waals surface area contributed by atoms with Gasteiger partial charge in [-0.2, -0.15) is 0 Å². The highest BCUT2D eigenvalue weighted by Crippen LogP contribution is 2.53. The van der Waals surface area contributed by atoms with Gasteiger partial charge in [0.2, 0.25) is 5.69 Å². The fraction of sp³-hybridized carbons (Fsp3) is 0.0741. The molecule has 148 valence electrons. The van der Waals surface area contributed by atoms with Crippen LogP contribution in [0.15, 0.2) is 71.3 Å². The second-order valence-electron chi connectivity index (χ2n) is 8.30. The zero-order chi connectivity index (χ0) is 20.9. The number of rotatable bonds is 0. The van der Waals surface area contributed by atoms with Crippen molar-refractivity contribution in [2.75, 3.05) is 5.73 Å². The summed E-state index contributed by atoms with van der Waals surface area (Å²) in [5, 5.41) is 6.41. The maximum Gasteiger partial charge on any atom is 0.228 e. The average Bonchev–Trinajstić information content (AvgIpc) is 3.17. The Hall–Kier alpha value is -4.05. The minimum absolute atomic E-state index is 0.677. The lowest BCUT2D eigenvalue weighted by Crippen LogP contribution is -2.32. The van der Waals surface area contributed by atoms with E-state index in [-0.39, 0.29) is 0 Å². The van der Waals surface area contributed by atoms with Gasteiger partial charge in [0.05, 0.1) is 11.3 Å². The molecule has 1 aliphatic rings. The molecule has 0 fully saturated rings. The predicted octanol–water partition coefficient (Wildman–Crippen LogP) is 6.38. The maximum atomic E-state index is 6.67. The third kappa shape index (κ3) is 1.97. The standard InChI is InChI=1S/C27H19N2O2/c1-14-15-7-3-4-9-17(15)24(28)27-22(14)25-23-18(11-12-29(25)2)26-19(13-21(23)31-27)16-8-5-6-10-20(16)30-26/h3-13H,28H2,1-2H3/q+1. The second-order valence-corrected chi connectivity index (χ2v) is 8.30. The lowest BCUT2D eigenvalue weighted by Gasteiger charge is -2.23. The van der Waals surface area contributed by atoms with E-state index in [1.807, 2.05) is 24.3 Å². The molecule has 2 N–H and O–H groups in total. The van der Waals surface area contributed by atoms with E-state index >= 15 is 0 Å². The molecule has 4 aromatic carbocycles. The summed E-state index contributed by atoms with van der Waals surface area (Å²) in [6, 6.07) is 20.6. The number of ether oxygens (including phenoxy) is 1. The zero-order valence-corrected chi connectivity index (χ0v) is 17.2. The smallest absolute Gasteiger partial charge is 0.228 e. The van der Waals surface area contributed by atoms with Crippen molar-refractivity contribution in [2.24, 2.45) is 7.05 Å². The van der Waals surface area contributed by atoms with Gasteiger partial charge in [0.15, 0.2) is 11.9 Å². The number of anilines is 1. The van der Waals surface area contributed by atoms with Gasteiger partial charge in [-0.1, -0.05) is 42.5 Å². The molecule has 0 amide bonds. The van der Waals surface area contributed by atoms with Crippen LogP contribution < -0.4 is 15.0 Å². The van der Waals surface area contributed by atoms with Crippen molar-refractivity contribution in [3.8, 4) is 22.8 Å². The van der Waals surface area contributed by atoms with Gasteiger partial charge in [0.1, 0.15) is 29.3 Å². The average molecular weight is 403 g/mol. The molecule has 0 saturated carbocycles. The largest absolute Gasteiger partial charge is 0.455 e. The lowest BCUT2D eigenvalue weighted by molar-refractivity contribution is -0.659. The van der Waals surface area contributed by atoms with Crippen molar-refractivity contribution in [2.45, 2.75) is 6.92 Å². The van der Waals surface area contributed by atoms with Crippen LogP contribution in [0.4, 0.5) is 5.69 Å². The Balaban J connectivity index is 1.72. The SMILES string of the molecule is Cc1c2c(c(N)c3ccccc13)Oc1cc3c4ccccc4oc3c3cc[n+](C)c-2c13. The van der Waals surface area contributed by atoms with Gasteiger partial charge in [0.25, 0.3) is 0 Å². The molecule has 4 nitrogen and oxygen atoms in total. The van der Waals surface area contributed by atoms with Crippen LogP contribution >= 0.6 is 0 Å². The topological polar surface area (TPSA) is 52.3 Å². The van der Waals surface area contributed by atoms with E-state index in [1.54, 1.807) is 0 Å². The minimum atomic E-state index is 0.677. The van der Waals surface area contributed by atoms with Gasteiger partial charge < -0.3 is 14.9 Å². The number of hydrogen-bond acceptors (Lipinski definition) is 3. The molecule has 0 saturated heterocycles. The molecular weight excluding hydrogens is 384 g/mol. The zero-order valence-electron chi connectivity index (χ0n) is 17.2. The Morgan fingerprint density at radius 2 is 1.58 bits per heavy atom. The Morgan fingerprint density at radius 1 is 0.839 bits per heavy atom. The van der Waals surface area contributed by atoms with Crippen LogP contribution in [0.3, 0.4) is 0 Å². The summed E-state index contributed by atoms with van der Waals surface area (Å²) < 4.78 is 15.0. The first-order chi connectivity index (χ1) is 15.1. The van der Waals surface area contributed by atoms with Crippen molar-refractivity contribution in [1.82, 2.24) is 0 Å². The van der Waals surface area contributed by atoms with E-state index in [0.717, 1.165) is 66.2 Å². The van der Waals surface area contributed by atoms with Gasteiger partial charge in [-0.3, -0.25) is 0 Å². The highest BCUT2D eigenvalue weighted by Gasteiger charge is 2.33. The Bertz CT molecular complexity index is 1740. The number of benzene rings is 4. The van der Waals surface area contributed by atoms with E-state index in [2.05, 4.69) is 61.1 Å². The van der Waals surface area contributed by atoms with Crippen molar-refractivity contribution >= 4 is 49.2 Å². The van der Waals surface area contributed by atoms with Gasteiger partial charge in [-0.25, -0.2) is 4.57 Å². The van der Waals surface area contributed by atoms with E-state index in [0.29, 0.717) is 5.69 Å². The molecule has 31 heavy (non-hydrogen) atoms. The highest BCUT2D eigenvalue weighted by molar-refractivity contribution is 6.20. The molecule has 1 aliphatic heterocycles. The van der Waals surface area contributed by atoms with E-state index in [1.165, 1.54) is 5.56 Å². The molecule has 3 heterocycles. The number of hydrogen-bond donors (Lipinski definition) is 1. The Morgan fingerprint density at radius 3 is 2.42 bits per heavy atom. The monoisotopic (exact) mass is 403 g/mol. The van der Waals surface area contributed by atoms with Gasteiger partial charge in [-0.15, -0.1) is 0 Å². The van der Waals surface area contributed by atoms with Crippen LogP contribution in [0.5, 0.6) is 11.5 Å². The van der Waals surface area contributed by atoms with E-state index in [4.69, 9.17) is 14.9 Å². The number of furan rings is 1. The van der Waals surface area contributed by atoms with Gasteiger partial charge in [0, 0.05) is 27.6 Å². The molecule has 0 spiro atoms. The van der Waals surface area contributed by atoms with Crippen LogP contribution in [-0.2, 0) is 7.05 Å². The Kier molecular flexibility index (Phi) is 2.99. The molecule has 0 bridgehead atoms. The Labute approximate surface area is 178 Å². The summed E-state index contributed by atoms with van der Waals surface area (Å²) in [6.45, 7) is 2.15. The first-order valence-electron chi connectivity index (χ1n) is 10.4. The number of aromatic nitrogens is 1. The van der Waals surface area contributed by atoms with Crippen molar-refractivity contribution in [1.29, 1.82) is 0 Å². The van der Waals surface area contributed by atoms with Gasteiger partial charge in [-0.05, 0) is 30.0 Å². The summed E-state index contributed by atoms with van der Waals surface area (Å²) in [7, 11) is 2.07. The van der Waals surface area contributed by atoms with Crippen LogP contribution in [0.1, 0.15) is 5.56 Å². The number of nitrogens with two attached hydrogens (primary N) is 1. The molecule has 2 aromatic heterocycles. The number of para-hydroxylation sites is 1. The number of nitrogen functional groups attached to an aromatic ring is 1. The van der Waals surface area contributed by atoms with E-state index in [9.17, 15) is 0 Å². The van der Waals surface area contributed by atoms with Gasteiger partial charge >= 0.3 is 0 Å². The normalized spacial score (nSPS) is 12.6. The van der Waals surface area contributed by atoms with Crippen LogP contribution in [-0.4, -0.2) is 0 Å². The first kappa shape index (κ1) is 16.7. The molecule has 6 aromatic rings. The molecule has 0 aliphatic carbocycles. The third-order valence-electron chi connectivity index (χ3n) is 6.64. The fourth-order valence-electron chi connectivity index (χ4n) is 5.19. The molecule has 7 rings (SSSR count). The van der Waals surface area contributed by atoms with Crippen LogP contribution in [0, 0.1) is 6.92 Å². The maximum absolute atomic E-state index is 6.67. The fourth-order valence-corrected chi connectivity index (χ4v) is 5.19. The van der Waals surface area contributed by atoms with Crippen molar-refractivity contribution < 1.29 is 13.7 Å². The third-order valence-corrected chi connectivity index (χ3v) is 6.64. The van der Waals surface area contributed by atoms with Crippen molar-refractivity contribution in [3.63, 3.8) is 0 Å². The minimum Gasteiger partial charge on any atom is -0.455 e. The van der Waals surface area contributed by atoms with E-state index < -0.39 is 0 Å². The van der Waals surface area contributed by atoms with Crippen LogP contribution in [0.2, 0.25) is 0 Å². The quantitative estimate of drug-likeness (QED) is 0.236. The molecule has 0 unspecified atom stereocenters. The first-order valence-corrected chi connectivity index (χ1v) is 10.4. The highest BCUT2D eigenvalue weighted by atomic mass is 16.5. The summed E-state index contributed by atoms with van der Waals surface area (Å²) in [6.07, 6.45) is 2.09. The number of nitrogens with zero attached hydrogens (tertiary/aromatic N) is 1. The molecule has 4 heteroatoms. The van der Waals surface area contributed by atoms with Crippen molar-refractivity contribution in [3.05, 3.63) is 72.4 Å². The summed E-state index contributed by atoms with van der Waals surface area (Å²) in [4.78, 5) is 0. The number of pyridine rings is 1. The van der Waals surface area contributed by atoms with Crippen LogP contribution in [0.25, 0.3) is 54.7 Å². The number of fused-ring (bicyclic) bond motifs is 7. The lowest BCUT2D eigenvalue weighted by atomic mass is 9.90. The number of aryl methyl sites for hydroxylation is 2.